The molecule has 0 fully saturated rings. The summed E-state index contributed by atoms with van der Waals surface area (Å²) in [5.41, 5.74) is 2.42. The molecule has 3 aromatic carbocycles. The number of aryl methyl sites for hydroxylation is 1. The van der Waals surface area contributed by atoms with Gasteiger partial charge in [-0.3, -0.25) is 9.52 Å². The van der Waals surface area contributed by atoms with Crippen molar-refractivity contribution in [3.05, 3.63) is 89.5 Å². The third-order valence-corrected chi connectivity index (χ3v) is 7.41. The van der Waals surface area contributed by atoms with E-state index in [0.717, 1.165) is 17.4 Å². The fourth-order valence-corrected chi connectivity index (χ4v) is 4.68. The van der Waals surface area contributed by atoms with E-state index in [-0.39, 0.29) is 21.7 Å². The summed E-state index contributed by atoms with van der Waals surface area (Å²) in [6.45, 7) is 3.66. The van der Waals surface area contributed by atoms with E-state index in [9.17, 15) is 21.6 Å². The van der Waals surface area contributed by atoms with E-state index in [1.165, 1.54) is 48.5 Å². The molecule has 0 aliphatic rings. The molecule has 1 atom stereocenters. The number of carbonyl (C=O) groups is 1. The highest BCUT2D eigenvalue weighted by Gasteiger charge is 2.16. The molecule has 0 spiro atoms. The molecule has 3 aromatic rings. The predicted molar refractivity (Wildman–Crippen MR) is 124 cm³/mol. The van der Waals surface area contributed by atoms with Crippen LogP contribution in [0.1, 0.15) is 34.5 Å². The lowest BCUT2D eigenvalue weighted by Crippen LogP contribution is -2.26. The fraction of sp³-hybridized carbons (Fsp3) is 0.174. The molecule has 0 aromatic heterocycles. The SMILES string of the molecule is Cc1ccc(S(=O)(=O)Nc2ccc(C(=O)N[C@H](C)c3ccc(S(C)(=O)=O)cc3)cc2)cc1. The molecule has 0 radical (unpaired) electrons. The summed E-state index contributed by atoms with van der Waals surface area (Å²) in [6, 6.07) is 18.6. The van der Waals surface area contributed by atoms with Crippen LogP contribution in [-0.4, -0.2) is 29.0 Å². The van der Waals surface area contributed by atoms with Crippen molar-refractivity contribution >= 4 is 31.5 Å². The first kappa shape index (κ1) is 23.5. The van der Waals surface area contributed by atoms with E-state index in [1.807, 2.05) is 6.92 Å². The Hall–Kier alpha value is -3.17. The van der Waals surface area contributed by atoms with Gasteiger partial charge in [0.1, 0.15) is 0 Å². The van der Waals surface area contributed by atoms with E-state index < -0.39 is 19.9 Å². The number of sulfonamides is 1. The van der Waals surface area contributed by atoms with Crippen LogP contribution in [0.4, 0.5) is 5.69 Å². The van der Waals surface area contributed by atoms with Crippen LogP contribution in [0.5, 0.6) is 0 Å². The third kappa shape index (κ3) is 5.74. The highest BCUT2D eigenvalue weighted by Crippen LogP contribution is 2.19. The van der Waals surface area contributed by atoms with E-state index >= 15 is 0 Å². The number of rotatable bonds is 7. The topological polar surface area (TPSA) is 109 Å². The standard InChI is InChI=1S/C23H24N2O5S2/c1-16-4-12-22(13-5-16)32(29,30)25-20-10-6-19(7-11-20)23(26)24-17(2)18-8-14-21(15-9-18)31(3,27)28/h4-15,17,25H,1-3H3,(H,24,26)/t17-/m1/s1. The lowest BCUT2D eigenvalue weighted by molar-refractivity contribution is 0.0940. The van der Waals surface area contributed by atoms with Crippen LogP contribution >= 0.6 is 0 Å². The molecule has 32 heavy (non-hydrogen) atoms. The summed E-state index contributed by atoms with van der Waals surface area (Å²) in [5, 5.41) is 2.84. The molecular formula is C23H24N2O5S2. The summed E-state index contributed by atoms with van der Waals surface area (Å²) >= 11 is 0. The van der Waals surface area contributed by atoms with Crippen LogP contribution in [0.25, 0.3) is 0 Å². The molecule has 1 amide bonds. The van der Waals surface area contributed by atoms with E-state index in [1.54, 1.807) is 31.2 Å². The van der Waals surface area contributed by atoms with Gasteiger partial charge in [0.2, 0.25) is 0 Å². The molecule has 0 aliphatic heterocycles. The summed E-state index contributed by atoms with van der Waals surface area (Å²) < 4.78 is 50.6. The van der Waals surface area contributed by atoms with Gasteiger partial charge in [-0.05, 0) is 67.9 Å². The Morgan fingerprint density at radius 1 is 0.781 bits per heavy atom. The number of nitrogens with one attached hydrogen (secondary N) is 2. The van der Waals surface area contributed by atoms with Gasteiger partial charge in [-0.2, -0.15) is 0 Å². The Bertz CT molecular complexity index is 1310. The molecule has 7 nitrogen and oxygen atoms in total. The zero-order chi connectivity index (χ0) is 23.5. The van der Waals surface area contributed by atoms with Crippen molar-refractivity contribution in [1.82, 2.24) is 5.32 Å². The maximum Gasteiger partial charge on any atom is 0.261 e. The quantitative estimate of drug-likeness (QED) is 0.545. The van der Waals surface area contributed by atoms with Crippen molar-refractivity contribution in [2.24, 2.45) is 0 Å². The van der Waals surface area contributed by atoms with Gasteiger partial charge < -0.3 is 5.32 Å². The van der Waals surface area contributed by atoms with Gasteiger partial charge in [-0.1, -0.05) is 29.8 Å². The normalized spacial score (nSPS) is 12.7. The Labute approximate surface area is 188 Å². The summed E-state index contributed by atoms with van der Waals surface area (Å²) in [4.78, 5) is 12.9. The average molecular weight is 473 g/mol. The van der Waals surface area contributed by atoms with Gasteiger partial charge in [0, 0.05) is 17.5 Å². The van der Waals surface area contributed by atoms with Crippen molar-refractivity contribution in [3.8, 4) is 0 Å². The number of carbonyl (C=O) groups excluding carboxylic acids is 1. The van der Waals surface area contributed by atoms with Crippen molar-refractivity contribution in [3.63, 3.8) is 0 Å². The average Bonchev–Trinajstić information content (AvgIpc) is 2.73. The molecule has 168 valence electrons. The smallest absolute Gasteiger partial charge is 0.261 e. The first-order valence-electron chi connectivity index (χ1n) is 9.76. The van der Waals surface area contributed by atoms with Crippen molar-refractivity contribution < 1.29 is 21.6 Å². The lowest BCUT2D eigenvalue weighted by atomic mass is 10.1. The Balaban J connectivity index is 1.66. The summed E-state index contributed by atoms with van der Waals surface area (Å²) in [6.07, 6.45) is 1.14. The molecular weight excluding hydrogens is 448 g/mol. The minimum atomic E-state index is -3.73. The van der Waals surface area contributed by atoms with Gasteiger partial charge in [-0.15, -0.1) is 0 Å². The van der Waals surface area contributed by atoms with Gasteiger partial charge in [-0.25, -0.2) is 16.8 Å². The van der Waals surface area contributed by atoms with Gasteiger partial charge in [0.25, 0.3) is 15.9 Å². The molecule has 0 bridgehead atoms. The van der Waals surface area contributed by atoms with Crippen LogP contribution in [0.3, 0.4) is 0 Å². The molecule has 3 rings (SSSR count). The highest BCUT2D eigenvalue weighted by atomic mass is 32.2. The molecule has 9 heteroatoms. The summed E-state index contributed by atoms with van der Waals surface area (Å²) in [7, 11) is -7.01. The van der Waals surface area contributed by atoms with Crippen molar-refractivity contribution in [2.45, 2.75) is 29.7 Å². The van der Waals surface area contributed by atoms with E-state index in [0.29, 0.717) is 11.3 Å². The maximum absolute atomic E-state index is 12.6. The van der Waals surface area contributed by atoms with Crippen LogP contribution in [0.15, 0.2) is 82.6 Å². The zero-order valence-corrected chi connectivity index (χ0v) is 19.5. The number of anilines is 1. The number of hydrogen-bond donors (Lipinski definition) is 2. The molecule has 2 N–H and O–H groups in total. The minimum absolute atomic E-state index is 0.153. The number of hydrogen-bond acceptors (Lipinski definition) is 5. The summed E-state index contributed by atoms with van der Waals surface area (Å²) in [5.74, 6) is -0.336. The van der Waals surface area contributed by atoms with Crippen LogP contribution in [0.2, 0.25) is 0 Å². The largest absolute Gasteiger partial charge is 0.346 e. The molecule has 0 aliphatic carbocycles. The Kier molecular flexibility index (Phi) is 6.71. The van der Waals surface area contributed by atoms with Crippen molar-refractivity contribution in [2.75, 3.05) is 11.0 Å². The number of benzene rings is 3. The van der Waals surface area contributed by atoms with Crippen LogP contribution in [-0.2, 0) is 19.9 Å². The zero-order valence-electron chi connectivity index (χ0n) is 17.9. The monoisotopic (exact) mass is 472 g/mol. The molecule has 0 unspecified atom stereocenters. The fourth-order valence-electron chi connectivity index (χ4n) is 2.99. The number of sulfone groups is 1. The van der Waals surface area contributed by atoms with E-state index in [2.05, 4.69) is 10.0 Å². The Morgan fingerprint density at radius 2 is 1.31 bits per heavy atom. The van der Waals surface area contributed by atoms with Crippen LogP contribution < -0.4 is 10.0 Å². The number of amides is 1. The van der Waals surface area contributed by atoms with E-state index in [4.69, 9.17) is 0 Å². The first-order valence-corrected chi connectivity index (χ1v) is 13.1. The van der Waals surface area contributed by atoms with Gasteiger partial charge >= 0.3 is 0 Å². The molecule has 0 saturated carbocycles. The van der Waals surface area contributed by atoms with Crippen LogP contribution in [0, 0.1) is 6.92 Å². The second-order valence-corrected chi connectivity index (χ2v) is 11.2. The third-order valence-electron chi connectivity index (χ3n) is 4.89. The molecule has 0 saturated heterocycles. The maximum atomic E-state index is 12.6. The molecule has 0 heterocycles. The van der Waals surface area contributed by atoms with Crippen molar-refractivity contribution in [1.29, 1.82) is 0 Å². The second kappa shape index (κ2) is 9.13. The van der Waals surface area contributed by atoms with Gasteiger partial charge in [0.15, 0.2) is 9.84 Å². The minimum Gasteiger partial charge on any atom is -0.346 e. The first-order chi connectivity index (χ1) is 15.0. The second-order valence-electron chi connectivity index (χ2n) is 7.53. The lowest BCUT2D eigenvalue weighted by Gasteiger charge is -2.15. The van der Waals surface area contributed by atoms with Gasteiger partial charge in [0.05, 0.1) is 15.8 Å². The Morgan fingerprint density at radius 3 is 1.84 bits per heavy atom. The highest BCUT2D eigenvalue weighted by molar-refractivity contribution is 7.92. The predicted octanol–water partition coefficient (Wildman–Crippen LogP) is 3.69.